The van der Waals surface area contributed by atoms with Crippen molar-refractivity contribution in [2.45, 2.75) is 36.9 Å². The highest BCUT2D eigenvalue weighted by Gasteiger charge is 2.48. The normalized spacial score (nSPS) is 28.3. The first-order chi connectivity index (χ1) is 13.0. The third-order valence-electron chi connectivity index (χ3n) is 4.08. The van der Waals surface area contributed by atoms with Gasteiger partial charge in [-0.2, -0.15) is 13.2 Å². The van der Waals surface area contributed by atoms with E-state index in [-0.39, 0.29) is 16.7 Å². The standard InChI is InChI=1S/C16H13F3O9/c17-16(18,19)7-3-5-1-2-6(4-8(5)27-14(7)25)26-15-11(22)9(20)10(21)12(28-15)13(23)24/h1-4,9-12,15,20-22H,(H,23,24)/t9-,10-,11+,12-,15?/m0/s1. The quantitative estimate of drug-likeness (QED) is 0.521. The summed E-state index contributed by atoms with van der Waals surface area (Å²) in [6, 6.07) is 3.92. The van der Waals surface area contributed by atoms with E-state index in [1.54, 1.807) is 0 Å². The summed E-state index contributed by atoms with van der Waals surface area (Å²) >= 11 is 0. The zero-order valence-corrected chi connectivity index (χ0v) is 13.7. The van der Waals surface area contributed by atoms with Gasteiger partial charge in [-0.3, -0.25) is 0 Å². The summed E-state index contributed by atoms with van der Waals surface area (Å²) in [6.07, 6.45) is -14.2. The van der Waals surface area contributed by atoms with Crippen LogP contribution in [0.5, 0.6) is 5.75 Å². The third kappa shape index (κ3) is 3.67. The van der Waals surface area contributed by atoms with Crippen LogP contribution in [0, 0.1) is 0 Å². The summed E-state index contributed by atoms with van der Waals surface area (Å²) in [5, 5.41) is 38.2. The maximum absolute atomic E-state index is 12.8. The van der Waals surface area contributed by atoms with Crippen LogP contribution in [0.4, 0.5) is 13.2 Å². The fourth-order valence-electron chi connectivity index (χ4n) is 2.65. The number of aliphatic hydroxyl groups is 3. The van der Waals surface area contributed by atoms with E-state index in [4.69, 9.17) is 14.6 Å². The highest BCUT2D eigenvalue weighted by atomic mass is 19.4. The molecule has 0 amide bonds. The van der Waals surface area contributed by atoms with Crippen molar-refractivity contribution in [2.75, 3.05) is 0 Å². The number of carboxylic acids is 1. The average molecular weight is 406 g/mol. The topological polar surface area (TPSA) is 147 Å². The Morgan fingerprint density at radius 3 is 2.36 bits per heavy atom. The fraction of sp³-hybridized carbons (Fsp3) is 0.375. The first-order valence-electron chi connectivity index (χ1n) is 7.73. The molecule has 0 spiro atoms. The lowest BCUT2D eigenvalue weighted by Crippen LogP contribution is -2.61. The zero-order valence-electron chi connectivity index (χ0n) is 13.7. The first kappa shape index (κ1) is 20.1. The van der Waals surface area contributed by atoms with Crippen LogP contribution in [-0.4, -0.2) is 57.1 Å². The van der Waals surface area contributed by atoms with E-state index >= 15 is 0 Å². The molecule has 2 heterocycles. The predicted octanol–water partition coefficient (Wildman–Crippen LogP) is 0.0828. The third-order valence-corrected chi connectivity index (χ3v) is 4.08. The minimum Gasteiger partial charge on any atom is -0.479 e. The lowest BCUT2D eigenvalue weighted by atomic mass is 9.99. The van der Waals surface area contributed by atoms with Crippen LogP contribution in [-0.2, 0) is 15.7 Å². The summed E-state index contributed by atoms with van der Waals surface area (Å²) in [7, 11) is 0. The highest BCUT2D eigenvalue weighted by molar-refractivity contribution is 5.78. The predicted molar refractivity (Wildman–Crippen MR) is 82.4 cm³/mol. The molecule has 0 saturated carbocycles. The van der Waals surface area contributed by atoms with Crippen molar-refractivity contribution in [3.8, 4) is 5.75 Å². The van der Waals surface area contributed by atoms with Crippen molar-refractivity contribution in [1.82, 2.24) is 0 Å². The molecule has 0 aliphatic carbocycles. The van der Waals surface area contributed by atoms with Gasteiger partial charge >= 0.3 is 17.8 Å². The largest absolute Gasteiger partial charge is 0.479 e. The van der Waals surface area contributed by atoms with E-state index in [2.05, 4.69) is 4.42 Å². The Labute approximate surface area is 153 Å². The van der Waals surface area contributed by atoms with E-state index in [0.29, 0.717) is 6.07 Å². The molecular weight excluding hydrogens is 393 g/mol. The van der Waals surface area contributed by atoms with Gasteiger partial charge in [-0.05, 0) is 18.2 Å². The molecule has 1 saturated heterocycles. The van der Waals surface area contributed by atoms with Gasteiger partial charge in [0.05, 0.1) is 0 Å². The molecule has 152 valence electrons. The zero-order chi connectivity index (χ0) is 20.8. The van der Waals surface area contributed by atoms with Crippen molar-refractivity contribution in [3.05, 3.63) is 40.2 Å². The number of hydrogen-bond donors (Lipinski definition) is 4. The Morgan fingerprint density at radius 1 is 1.07 bits per heavy atom. The lowest BCUT2D eigenvalue weighted by Gasteiger charge is -2.38. The summed E-state index contributed by atoms with van der Waals surface area (Å²) in [5.41, 5.74) is -3.37. The number of fused-ring (bicyclic) bond motifs is 1. The number of aliphatic carboxylic acids is 1. The number of ether oxygens (including phenoxy) is 2. The lowest BCUT2D eigenvalue weighted by molar-refractivity contribution is -0.271. The molecule has 1 aliphatic rings. The Bertz CT molecular complexity index is 955. The molecule has 0 radical (unpaired) electrons. The molecule has 0 bridgehead atoms. The van der Waals surface area contributed by atoms with Gasteiger partial charge in [-0.25, -0.2) is 9.59 Å². The van der Waals surface area contributed by atoms with Crippen LogP contribution in [0.1, 0.15) is 5.56 Å². The summed E-state index contributed by atoms with van der Waals surface area (Å²) in [5.74, 6) is -1.77. The molecule has 1 aromatic carbocycles. The van der Waals surface area contributed by atoms with Crippen molar-refractivity contribution in [3.63, 3.8) is 0 Å². The van der Waals surface area contributed by atoms with Crippen LogP contribution >= 0.6 is 0 Å². The van der Waals surface area contributed by atoms with Gasteiger partial charge in [-0.15, -0.1) is 0 Å². The average Bonchev–Trinajstić information content (AvgIpc) is 2.60. The molecule has 9 nitrogen and oxygen atoms in total. The summed E-state index contributed by atoms with van der Waals surface area (Å²) in [6.45, 7) is 0. The molecule has 1 aliphatic heterocycles. The summed E-state index contributed by atoms with van der Waals surface area (Å²) < 4.78 is 53.0. The number of alkyl halides is 3. The van der Waals surface area contributed by atoms with Gasteiger partial charge in [0.2, 0.25) is 6.29 Å². The Morgan fingerprint density at radius 2 is 1.75 bits per heavy atom. The molecule has 5 atom stereocenters. The van der Waals surface area contributed by atoms with Gasteiger partial charge in [0.15, 0.2) is 6.10 Å². The SMILES string of the molecule is O=C(O)[C@H]1OC(Oc2ccc3cc(C(F)(F)F)c(=O)oc3c2)[C@H](O)[C@@H](O)[C@@H]1O. The number of aliphatic hydroxyl groups excluding tert-OH is 3. The maximum atomic E-state index is 12.8. The first-order valence-corrected chi connectivity index (χ1v) is 7.73. The van der Waals surface area contributed by atoms with Crippen molar-refractivity contribution in [1.29, 1.82) is 0 Å². The molecule has 2 aromatic rings. The molecule has 1 fully saturated rings. The Hall–Kier alpha value is -2.67. The van der Waals surface area contributed by atoms with Crippen LogP contribution in [0.2, 0.25) is 0 Å². The van der Waals surface area contributed by atoms with E-state index in [1.807, 2.05) is 0 Å². The minimum atomic E-state index is -4.90. The second-order valence-corrected chi connectivity index (χ2v) is 6.00. The molecule has 12 heteroatoms. The van der Waals surface area contributed by atoms with Gasteiger partial charge in [0, 0.05) is 11.5 Å². The van der Waals surface area contributed by atoms with Crippen LogP contribution in [0.3, 0.4) is 0 Å². The smallest absolute Gasteiger partial charge is 0.423 e. The second kappa shape index (κ2) is 7.05. The number of carbonyl (C=O) groups is 1. The van der Waals surface area contributed by atoms with Crippen molar-refractivity contribution in [2.24, 2.45) is 0 Å². The van der Waals surface area contributed by atoms with Gasteiger partial charge < -0.3 is 34.3 Å². The molecule has 3 rings (SSSR count). The number of benzene rings is 1. The number of carboxylic acid groups (broad SMARTS) is 1. The number of halogens is 3. The van der Waals surface area contributed by atoms with Crippen LogP contribution in [0.15, 0.2) is 33.5 Å². The highest BCUT2D eigenvalue weighted by Crippen LogP contribution is 2.31. The Kier molecular flexibility index (Phi) is 5.06. The van der Waals surface area contributed by atoms with Crippen molar-refractivity contribution >= 4 is 16.9 Å². The molecule has 28 heavy (non-hydrogen) atoms. The molecule has 1 unspecified atom stereocenters. The molecular formula is C16H13F3O9. The second-order valence-electron chi connectivity index (χ2n) is 6.00. The van der Waals surface area contributed by atoms with E-state index in [9.17, 15) is 38.1 Å². The van der Waals surface area contributed by atoms with Gasteiger partial charge in [0.25, 0.3) is 0 Å². The summed E-state index contributed by atoms with van der Waals surface area (Å²) in [4.78, 5) is 22.6. The monoisotopic (exact) mass is 406 g/mol. The van der Waals surface area contributed by atoms with E-state index in [1.165, 1.54) is 0 Å². The van der Waals surface area contributed by atoms with E-state index < -0.39 is 54.0 Å². The minimum absolute atomic E-state index is 0.0664. The van der Waals surface area contributed by atoms with Crippen LogP contribution < -0.4 is 10.4 Å². The fourth-order valence-corrected chi connectivity index (χ4v) is 2.65. The number of rotatable bonds is 3. The molecule has 4 N–H and O–H groups in total. The Balaban J connectivity index is 1.90. The maximum Gasteiger partial charge on any atom is 0.423 e. The van der Waals surface area contributed by atoms with E-state index in [0.717, 1.165) is 18.2 Å². The van der Waals surface area contributed by atoms with Gasteiger partial charge in [0.1, 0.15) is 35.2 Å². The van der Waals surface area contributed by atoms with Crippen molar-refractivity contribution < 1.29 is 52.3 Å². The number of hydrogen-bond acceptors (Lipinski definition) is 8. The molecule has 1 aromatic heterocycles. The van der Waals surface area contributed by atoms with Gasteiger partial charge in [-0.1, -0.05) is 0 Å². The van der Waals surface area contributed by atoms with Crippen LogP contribution in [0.25, 0.3) is 11.0 Å².